The molecule has 0 amide bonds. The molecule has 8 heteroatoms. The van der Waals surface area contributed by atoms with Crippen molar-refractivity contribution in [3.05, 3.63) is 0 Å². The van der Waals surface area contributed by atoms with E-state index in [1.807, 2.05) is 0 Å². The van der Waals surface area contributed by atoms with E-state index in [0.29, 0.717) is 6.42 Å². The van der Waals surface area contributed by atoms with Crippen molar-refractivity contribution in [2.45, 2.75) is 38.7 Å². The van der Waals surface area contributed by atoms with E-state index in [9.17, 15) is 26.3 Å². The average Bonchev–Trinajstić information content (AvgIpc) is 2.18. The molecule has 0 aliphatic carbocycles. The van der Waals surface area contributed by atoms with Crippen LogP contribution in [0.2, 0.25) is 0 Å². The van der Waals surface area contributed by atoms with E-state index < -0.39 is 25.5 Å². The first-order valence-electron chi connectivity index (χ1n) is 5.50. The molecule has 0 fully saturated rings. The molecular formula is C10H17F6NO. The highest BCUT2D eigenvalue weighted by molar-refractivity contribution is 4.69. The van der Waals surface area contributed by atoms with Gasteiger partial charge < -0.3 is 4.74 Å². The Labute approximate surface area is 102 Å². The zero-order valence-electron chi connectivity index (χ0n) is 10.2. The maximum atomic E-state index is 12.2. The van der Waals surface area contributed by atoms with Gasteiger partial charge in [-0.25, -0.2) is 0 Å². The number of ether oxygens (including phenoxy) is 1. The summed E-state index contributed by atoms with van der Waals surface area (Å²) in [6.07, 6.45) is -8.34. The zero-order valence-corrected chi connectivity index (χ0v) is 10.2. The van der Waals surface area contributed by atoms with Crippen LogP contribution in [0.3, 0.4) is 0 Å². The number of hydrogen-bond acceptors (Lipinski definition) is 2. The van der Waals surface area contributed by atoms with Crippen LogP contribution in [0.25, 0.3) is 0 Å². The first-order chi connectivity index (χ1) is 8.05. The summed E-state index contributed by atoms with van der Waals surface area (Å²) in [6, 6.07) is -0.360. The van der Waals surface area contributed by atoms with Crippen LogP contribution in [0.15, 0.2) is 0 Å². The predicted octanol–water partition coefficient (Wildman–Crippen LogP) is 3.23. The van der Waals surface area contributed by atoms with Crippen LogP contribution < -0.4 is 0 Å². The lowest BCUT2D eigenvalue weighted by Crippen LogP contribution is -2.42. The number of halogens is 6. The van der Waals surface area contributed by atoms with Crippen LogP contribution in [0.4, 0.5) is 26.3 Å². The molecule has 18 heavy (non-hydrogen) atoms. The van der Waals surface area contributed by atoms with Gasteiger partial charge in [0.25, 0.3) is 0 Å². The molecule has 0 radical (unpaired) electrons. The molecule has 0 rings (SSSR count). The summed E-state index contributed by atoms with van der Waals surface area (Å²) in [5.41, 5.74) is 0. The average molecular weight is 281 g/mol. The van der Waals surface area contributed by atoms with Crippen molar-refractivity contribution in [2.75, 3.05) is 26.3 Å². The molecule has 110 valence electrons. The molecule has 1 unspecified atom stereocenters. The number of rotatable bonds is 7. The first kappa shape index (κ1) is 17.5. The van der Waals surface area contributed by atoms with Crippen molar-refractivity contribution in [1.29, 1.82) is 0 Å². The molecule has 0 saturated heterocycles. The Morgan fingerprint density at radius 1 is 1.06 bits per heavy atom. The van der Waals surface area contributed by atoms with Crippen molar-refractivity contribution in [3.63, 3.8) is 0 Å². The number of hydrogen-bond donors (Lipinski definition) is 0. The first-order valence-corrected chi connectivity index (χ1v) is 5.50. The highest BCUT2D eigenvalue weighted by Gasteiger charge is 2.32. The smallest absolute Gasteiger partial charge is 0.371 e. The molecule has 0 aromatic rings. The van der Waals surface area contributed by atoms with E-state index in [2.05, 4.69) is 4.74 Å². The topological polar surface area (TPSA) is 12.5 Å². The Hall–Kier alpha value is -0.500. The number of alkyl halides is 6. The van der Waals surface area contributed by atoms with Gasteiger partial charge in [-0.2, -0.15) is 26.3 Å². The van der Waals surface area contributed by atoms with Crippen molar-refractivity contribution in [2.24, 2.45) is 0 Å². The van der Waals surface area contributed by atoms with Gasteiger partial charge in [-0.05, 0) is 13.3 Å². The van der Waals surface area contributed by atoms with Crippen LogP contribution in [-0.2, 0) is 4.74 Å². The Bertz CT molecular complexity index is 227. The fourth-order valence-corrected chi connectivity index (χ4v) is 1.31. The van der Waals surface area contributed by atoms with E-state index in [-0.39, 0.29) is 19.2 Å². The summed E-state index contributed by atoms with van der Waals surface area (Å²) in [5, 5.41) is 0. The van der Waals surface area contributed by atoms with E-state index in [4.69, 9.17) is 0 Å². The molecule has 0 aliphatic rings. The Morgan fingerprint density at radius 2 is 1.61 bits per heavy atom. The van der Waals surface area contributed by atoms with Gasteiger partial charge in [-0.15, -0.1) is 0 Å². The van der Waals surface area contributed by atoms with Crippen LogP contribution in [0, 0.1) is 0 Å². The highest BCUT2D eigenvalue weighted by Crippen LogP contribution is 2.19. The molecular weight excluding hydrogens is 264 g/mol. The Balaban J connectivity index is 4.10. The van der Waals surface area contributed by atoms with Crippen LogP contribution in [-0.4, -0.2) is 49.6 Å². The van der Waals surface area contributed by atoms with Crippen LogP contribution in [0.5, 0.6) is 0 Å². The molecule has 2 nitrogen and oxygen atoms in total. The quantitative estimate of drug-likeness (QED) is 0.525. The van der Waals surface area contributed by atoms with Gasteiger partial charge in [0.1, 0.15) is 6.61 Å². The predicted molar refractivity (Wildman–Crippen MR) is 54.3 cm³/mol. The van der Waals surface area contributed by atoms with E-state index in [1.165, 1.54) is 0 Å². The Kier molecular flexibility index (Phi) is 6.98. The van der Waals surface area contributed by atoms with Gasteiger partial charge >= 0.3 is 12.4 Å². The fourth-order valence-electron chi connectivity index (χ4n) is 1.31. The second-order valence-corrected chi connectivity index (χ2v) is 4.01. The van der Waals surface area contributed by atoms with Gasteiger partial charge in [0.05, 0.1) is 13.2 Å². The summed E-state index contributed by atoms with van der Waals surface area (Å²) < 4.78 is 76.3. The summed E-state index contributed by atoms with van der Waals surface area (Å²) in [7, 11) is 0. The highest BCUT2D eigenvalue weighted by atomic mass is 19.4. The normalized spacial score (nSPS) is 15.2. The third-order valence-corrected chi connectivity index (χ3v) is 2.39. The van der Waals surface area contributed by atoms with E-state index >= 15 is 0 Å². The molecule has 1 atom stereocenters. The monoisotopic (exact) mass is 281 g/mol. The molecule has 0 aromatic carbocycles. The largest absolute Gasteiger partial charge is 0.411 e. The lowest BCUT2D eigenvalue weighted by Gasteiger charge is -2.29. The SMILES string of the molecule is CCC(C)N(CCOCC(F)(F)F)CC(F)(F)F. The second-order valence-electron chi connectivity index (χ2n) is 4.01. The number of nitrogens with zero attached hydrogens (tertiary/aromatic N) is 1. The summed E-state index contributed by atoms with van der Waals surface area (Å²) in [4.78, 5) is 1.07. The van der Waals surface area contributed by atoms with Crippen molar-refractivity contribution in [3.8, 4) is 0 Å². The second kappa shape index (κ2) is 7.18. The maximum absolute atomic E-state index is 12.2. The molecule has 0 saturated carbocycles. The summed E-state index contributed by atoms with van der Waals surface area (Å²) >= 11 is 0. The molecule has 0 N–H and O–H groups in total. The lowest BCUT2D eigenvalue weighted by atomic mass is 10.2. The summed E-state index contributed by atoms with van der Waals surface area (Å²) in [6.45, 7) is 0.176. The molecule has 0 heterocycles. The zero-order chi connectivity index (χ0) is 14.4. The minimum absolute atomic E-state index is 0.176. The third-order valence-electron chi connectivity index (χ3n) is 2.39. The van der Waals surface area contributed by atoms with E-state index in [0.717, 1.165) is 4.90 Å². The van der Waals surface area contributed by atoms with Crippen molar-refractivity contribution < 1.29 is 31.1 Å². The molecule has 0 aromatic heterocycles. The van der Waals surface area contributed by atoms with Crippen molar-refractivity contribution >= 4 is 0 Å². The van der Waals surface area contributed by atoms with Gasteiger partial charge in [-0.1, -0.05) is 6.92 Å². The van der Waals surface area contributed by atoms with Gasteiger partial charge in [0, 0.05) is 12.6 Å². The molecule has 0 spiro atoms. The maximum Gasteiger partial charge on any atom is 0.411 e. The van der Waals surface area contributed by atoms with Gasteiger partial charge in [0.15, 0.2) is 0 Å². The van der Waals surface area contributed by atoms with Crippen LogP contribution >= 0.6 is 0 Å². The van der Waals surface area contributed by atoms with Crippen LogP contribution in [0.1, 0.15) is 20.3 Å². The van der Waals surface area contributed by atoms with Gasteiger partial charge in [0.2, 0.25) is 0 Å². The lowest BCUT2D eigenvalue weighted by molar-refractivity contribution is -0.178. The minimum atomic E-state index is -4.45. The molecule has 0 bridgehead atoms. The molecule has 0 aliphatic heterocycles. The third kappa shape index (κ3) is 9.52. The van der Waals surface area contributed by atoms with E-state index in [1.54, 1.807) is 13.8 Å². The fraction of sp³-hybridized carbons (Fsp3) is 1.00. The summed E-state index contributed by atoms with van der Waals surface area (Å²) in [5.74, 6) is 0. The minimum Gasteiger partial charge on any atom is -0.371 e. The van der Waals surface area contributed by atoms with Gasteiger partial charge in [-0.3, -0.25) is 4.90 Å². The Morgan fingerprint density at radius 3 is 2.00 bits per heavy atom. The standard InChI is InChI=1S/C10H17F6NO/c1-3-8(2)17(6-9(11,12)13)4-5-18-7-10(14,15)16/h8H,3-7H2,1-2H3. The van der Waals surface area contributed by atoms with Crippen molar-refractivity contribution in [1.82, 2.24) is 4.90 Å².